The lowest BCUT2D eigenvalue weighted by Crippen LogP contribution is -2.18. The maximum Gasteiger partial charge on any atom is 0.180 e. The van der Waals surface area contributed by atoms with Crippen LogP contribution in [-0.2, 0) is 5.41 Å². The number of rotatable bonds is 2. The first-order valence-electron chi connectivity index (χ1n) is 4.79. The molecule has 0 bridgehead atoms. The first-order chi connectivity index (χ1) is 6.65. The number of H-pyrrole nitrogens is 1. The second kappa shape index (κ2) is 3.04. The minimum atomic E-state index is 0.0632. The zero-order chi connectivity index (χ0) is 10.2. The first kappa shape index (κ1) is 9.12. The molecule has 1 N–H and O–H groups in total. The molecule has 0 aliphatic rings. The van der Waals surface area contributed by atoms with Gasteiger partial charge >= 0.3 is 0 Å². The minimum Gasteiger partial charge on any atom is -0.342 e. The zero-order valence-electron chi connectivity index (χ0n) is 8.70. The van der Waals surface area contributed by atoms with Crippen molar-refractivity contribution < 1.29 is 0 Å². The Morgan fingerprint density at radius 3 is 2.79 bits per heavy atom. The third-order valence-electron chi connectivity index (χ3n) is 2.75. The van der Waals surface area contributed by atoms with Gasteiger partial charge in [-0.25, -0.2) is 15.0 Å². The van der Waals surface area contributed by atoms with Crippen molar-refractivity contribution in [3.8, 4) is 0 Å². The highest BCUT2D eigenvalue weighted by molar-refractivity contribution is 5.73. The van der Waals surface area contributed by atoms with Crippen molar-refractivity contribution in [3.63, 3.8) is 0 Å². The summed E-state index contributed by atoms with van der Waals surface area (Å²) in [4.78, 5) is 15.6. The maximum atomic E-state index is 4.34. The molecule has 4 nitrogen and oxygen atoms in total. The third-order valence-corrected chi connectivity index (χ3v) is 2.75. The SMILES string of the molecule is CCC(C)(C)c1ncnc2nc[nH]c12. The highest BCUT2D eigenvalue weighted by atomic mass is 15.0. The molecular weight excluding hydrogens is 176 g/mol. The van der Waals surface area contributed by atoms with Gasteiger partial charge in [0.1, 0.15) is 11.8 Å². The molecule has 0 radical (unpaired) electrons. The van der Waals surface area contributed by atoms with Gasteiger partial charge in [-0.3, -0.25) is 0 Å². The van der Waals surface area contributed by atoms with Crippen LogP contribution in [0.2, 0.25) is 0 Å². The Hall–Kier alpha value is -1.45. The molecule has 0 aliphatic heterocycles. The standard InChI is InChI=1S/C10H14N4/c1-4-10(2,3)8-7-9(13-5-11-7)14-6-12-8/h5-6H,4H2,1-3H3,(H,11,12,13,14). The molecule has 0 aliphatic carbocycles. The van der Waals surface area contributed by atoms with E-state index in [1.165, 1.54) is 0 Å². The molecule has 0 saturated heterocycles. The average molecular weight is 190 g/mol. The largest absolute Gasteiger partial charge is 0.342 e. The second-order valence-corrected chi connectivity index (χ2v) is 4.06. The van der Waals surface area contributed by atoms with Crippen molar-refractivity contribution in [1.29, 1.82) is 0 Å². The molecule has 2 aromatic heterocycles. The molecule has 2 aromatic rings. The second-order valence-electron chi connectivity index (χ2n) is 4.06. The van der Waals surface area contributed by atoms with Gasteiger partial charge in [0.2, 0.25) is 0 Å². The van der Waals surface area contributed by atoms with Crippen molar-refractivity contribution in [2.45, 2.75) is 32.6 Å². The fourth-order valence-electron chi connectivity index (χ4n) is 1.45. The predicted molar refractivity (Wildman–Crippen MR) is 55.0 cm³/mol. The molecule has 0 fully saturated rings. The predicted octanol–water partition coefficient (Wildman–Crippen LogP) is 2.04. The highest BCUT2D eigenvalue weighted by Crippen LogP contribution is 2.28. The lowest BCUT2D eigenvalue weighted by molar-refractivity contribution is 0.493. The maximum absolute atomic E-state index is 4.34. The Kier molecular flexibility index (Phi) is 1.98. The molecule has 0 aromatic carbocycles. The summed E-state index contributed by atoms with van der Waals surface area (Å²) in [5, 5.41) is 0. The smallest absolute Gasteiger partial charge is 0.180 e. The van der Waals surface area contributed by atoms with Gasteiger partial charge in [-0.05, 0) is 6.42 Å². The van der Waals surface area contributed by atoms with Crippen LogP contribution in [0, 0.1) is 0 Å². The van der Waals surface area contributed by atoms with E-state index in [1.807, 2.05) is 0 Å². The number of hydrogen-bond acceptors (Lipinski definition) is 3. The van der Waals surface area contributed by atoms with Crippen molar-refractivity contribution in [1.82, 2.24) is 19.9 Å². The van der Waals surface area contributed by atoms with E-state index in [0.717, 1.165) is 23.3 Å². The molecule has 14 heavy (non-hydrogen) atoms. The summed E-state index contributed by atoms with van der Waals surface area (Å²) in [6.07, 6.45) is 4.28. The number of hydrogen-bond donors (Lipinski definition) is 1. The van der Waals surface area contributed by atoms with Gasteiger partial charge in [-0.15, -0.1) is 0 Å². The molecule has 4 heteroatoms. The number of imidazole rings is 1. The monoisotopic (exact) mass is 190 g/mol. The van der Waals surface area contributed by atoms with Crippen LogP contribution >= 0.6 is 0 Å². The molecule has 2 rings (SSSR count). The van der Waals surface area contributed by atoms with E-state index in [0.29, 0.717) is 0 Å². The molecule has 0 unspecified atom stereocenters. The number of nitrogens with one attached hydrogen (secondary N) is 1. The van der Waals surface area contributed by atoms with E-state index in [4.69, 9.17) is 0 Å². The zero-order valence-corrected chi connectivity index (χ0v) is 8.70. The van der Waals surface area contributed by atoms with Crippen LogP contribution in [0.5, 0.6) is 0 Å². The van der Waals surface area contributed by atoms with E-state index < -0.39 is 0 Å². The Balaban J connectivity index is 2.67. The fraction of sp³-hybridized carbons (Fsp3) is 0.500. The topological polar surface area (TPSA) is 54.5 Å². The molecule has 2 heterocycles. The number of nitrogens with zero attached hydrogens (tertiary/aromatic N) is 3. The summed E-state index contributed by atoms with van der Waals surface area (Å²) >= 11 is 0. The first-order valence-corrected chi connectivity index (χ1v) is 4.79. The van der Waals surface area contributed by atoms with Gasteiger partial charge in [-0.1, -0.05) is 20.8 Å². The van der Waals surface area contributed by atoms with Crippen molar-refractivity contribution in [2.24, 2.45) is 0 Å². The molecule has 0 atom stereocenters. The number of aromatic amines is 1. The summed E-state index contributed by atoms with van der Waals surface area (Å²) < 4.78 is 0. The van der Waals surface area contributed by atoms with Gasteiger partial charge in [0.05, 0.1) is 12.0 Å². The van der Waals surface area contributed by atoms with Crippen LogP contribution in [0.25, 0.3) is 11.2 Å². The van der Waals surface area contributed by atoms with Gasteiger partial charge in [-0.2, -0.15) is 0 Å². The third kappa shape index (κ3) is 1.27. The van der Waals surface area contributed by atoms with Crippen molar-refractivity contribution in [2.75, 3.05) is 0 Å². The lowest BCUT2D eigenvalue weighted by atomic mass is 9.86. The molecular formula is C10H14N4. The Morgan fingerprint density at radius 1 is 1.29 bits per heavy atom. The van der Waals surface area contributed by atoms with E-state index >= 15 is 0 Å². The summed E-state index contributed by atoms with van der Waals surface area (Å²) in [6.45, 7) is 6.51. The summed E-state index contributed by atoms with van der Waals surface area (Å²) in [5.41, 5.74) is 2.81. The summed E-state index contributed by atoms with van der Waals surface area (Å²) in [5.74, 6) is 0. The van der Waals surface area contributed by atoms with E-state index in [9.17, 15) is 0 Å². The number of aromatic nitrogens is 4. The van der Waals surface area contributed by atoms with Crippen LogP contribution < -0.4 is 0 Å². The highest BCUT2D eigenvalue weighted by Gasteiger charge is 2.23. The van der Waals surface area contributed by atoms with Crippen molar-refractivity contribution in [3.05, 3.63) is 18.3 Å². The normalized spacial score (nSPS) is 12.2. The van der Waals surface area contributed by atoms with Crippen molar-refractivity contribution >= 4 is 11.2 Å². The molecule has 0 amide bonds. The quantitative estimate of drug-likeness (QED) is 0.788. The Bertz CT molecular complexity index is 444. The van der Waals surface area contributed by atoms with Crippen LogP contribution in [0.3, 0.4) is 0 Å². The minimum absolute atomic E-state index is 0.0632. The number of fused-ring (bicyclic) bond motifs is 1. The fourth-order valence-corrected chi connectivity index (χ4v) is 1.45. The van der Waals surface area contributed by atoms with Gasteiger partial charge in [0.25, 0.3) is 0 Å². The van der Waals surface area contributed by atoms with Crippen LogP contribution in [0.15, 0.2) is 12.7 Å². The molecule has 0 spiro atoms. The van der Waals surface area contributed by atoms with Gasteiger partial charge < -0.3 is 4.98 Å². The summed E-state index contributed by atoms with van der Waals surface area (Å²) in [6, 6.07) is 0. The summed E-state index contributed by atoms with van der Waals surface area (Å²) in [7, 11) is 0. The van der Waals surface area contributed by atoms with E-state index in [-0.39, 0.29) is 5.41 Å². The van der Waals surface area contributed by atoms with E-state index in [1.54, 1.807) is 12.7 Å². The molecule has 74 valence electrons. The Morgan fingerprint density at radius 2 is 2.07 bits per heavy atom. The average Bonchev–Trinajstić information content (AvgIpc) is 2.64. The van der Waals surface area contributed by atoms with Gasteiger partial charge in [0.15, 0.2) is 5.65 Å². The molecule has 0 saturated carbocycles. The van der Waals surface area contributed by atoms with E-state index in [2.05, 4.69) is 40.7 Å². The van der Waals surface area contributed by atoms with Crippen LogP contribution in [0.4, 0.5) is 0 Å². The lowest BCUT2D eigenvalue weighted by Gasteiger charge is -2.21. The van der Waals surface area contributed by atoms with Crippen LogP contribution in [0.1, 0.15) is 32.9 Å². The van der Waals surface area contributed by atoms with Gasteiger partial charge in [0, 0.05) is 5.41 Å². The Labute approximate surface area is 82.8 Å². The van der Waals surface area contributed by atoms with Crippen LogP contribution in [-0.4, -0.2) is 19.9 Å².